The predicted octanol–water partition coefficient (Wildman–Crippen LogP) is 7.33. The Balaban J connectivity index is 1.37. The Hall–Kier alpha value is -3.52. The first-order valence-electron chi connectivity index (χ1n) is 9.98. The summed E-state index contributed by atoms with van der Waals surface area (Å²) in [5.74, 6) is 1.16. The molecule has 8 heteroatoms. The van der Waals surface area contributed by atoms with Gasteiger partial charge in [-0.1, -0.05) is 30.0 Å². The van der Waals surface area contributed by atoms with Crippen molar-refractivity contribution < 1.29 is 22.6 Å². The van der Waals surface area contributed by atoms with Crippen molar-refractivity contribution in [3.63, 3.8) is 0 Å². The summed E-state index contributed by atoms with van der Waals surface area (Å²) in [5.41, 5.74) is 1.17. The van der Waals surface area contributed by atoms with Gasteiger partial charge in [0.25, 0.3) is 0 Å². The highest BCUT2D eigenvalue weighted by atomic mass is 32.2. The predicted molar refractivity (Wildman–Crippen MR) is 120 cm³/mol. The molecular weight excluding hydrogens is 449 g/mol. The summed E-state index contributed by atoms with van der Waals surface area (Å²) >= 11 is 1.46. The second kappa shape index (κ2) is 9.95. The van der Waals surface area contributed by atoms with Crippen molar-refractivity contribution in [2.75, 3.05) is 0 Å². The summed E-state index contributed by atoms with van der Waals surface area (Å²) in [7, 11) is 0. The van der Waals surface area contributed by atoms with Crippen molar-refractivity contribution in [1.82, 2.24) is 9.97 Å². The monoisotopic (exact) mass is 468 g/mol. The number of aryl methyl sites for hydroxylation is 1. The number of nitrogens with zero attached hydrogens (tertiary/aromatic N) is 2. The topological polar surface area (TPSA) is 44.2 Å². The highest BCUT2D eigenvalue weighted by molar-refractivity contribution is 7.99. The molecule has 0 N–H and O–H groups in total. The SMILES string of the molecule is Cc1ccc(OCc2cccc(Sc3ccc(Oc4cccc(C(F)(F)F)c4)cn3)c2)cn1. The lowest BCUT2D eigenvalue weighted by Crippen LogP contribution is -2.04. The number of alkyl halides is 3. The molecule has 0 bridgehead atoms. The van der Waals surface area contributed by atoms with Crippen molar-refractivity contribution in [2.24, 2.45) is 0 Å². The van der Waals surface area contributed by atoms with Gasteiger partial charge >= 0.3 is 6.18 Å². The Morgan fingerprint density at radius 3 is 2.33 bits per heavy atom. The maximum absolute atomic E-state index is 12.9. The van der Waals surface area contributed by atoms with Crippen LogP contribution in [0.25, 0.3) is 0 Å². The first-order valence-corrected chi connectivity index (χ1v) is 10.8. The Kier molecular flexibility index (Phi) is 6.84. The van der Waals surface area contributed by atoms with Crippen molar-refractivity contribution in [3.05, 3.63) is 102 Å². The summed E-state index contributed by atoms with van der Waals surface area (Å²) in [4.78, 5) is 9.55. The van der Waals surface area contributed by atoms with E-state index in [1.807, 2.05) is 43.3 Å². The highest BCUT2D eigenvalue weighted by Gasteiger charge is 2.30. The summed E-state index contributed by atoms with van der Waals surface area (Å²) < 4.78 is 49.9. The van der Waals surface area contributed by atoms with E-state index in [9.17, 15) is 13.2 Å². The van der Waals surface area contributed by atoms with E-state index < -0.39 is 11.7 Å². The van der Waals surface area contributed by atoms with Crippen LogP contribution in [0.15, 0.2) is 95.1 Å². The van der Waals surface area contributed by atoms with E-state index in [0.29, 0.717) is 18.1 Å². The van der Waals surface area contributed by atoms with Gasteiger partial charge < -0.3 is 9.47 Å². The smallest absolute Gasteiger partial charge is 0.416 e. The van der Waals surface area contributed by atoms with Crippen LogP contribution in [0.1, 0.15) is 16.8 Å². The average Bonchev–Trinajstić information content (AvgIpc) is 2.80. The molecule has 0 aliphatic heterocycles. The van der Waals surface area contributed by atoms with Gasteiger partial charge in [0.2, 0.25) is 0 Å². The van der Waals surface area contributed by atoms with Gasteiger partial charge in [-0.25, -0.2) is 4.98 Å². The molecule has 0 atom stereocenters. The Morgan fingerprint density at radius 1 is 0.818 bits per heavy atom. The number of halogens is 3. The molecule has 168 valence electrons. The number of ether oxygens (including phenoxy) is 2. The van der Waals surface area contributed by atoms with Gasteiger partial charge in [0.1, 0.15) is 28.9 Å². The Morgan fingerprint density at radius 2 is 1.61 bits per heavy atom. The maximum Gasteiger partial charge on any atom is 0.416 e. The van der Waals surface area contributed by atoms with E-state index in [1.165, 1.54) is 30.1 Å². The molecule has 0 fully saturated rings. The Labute approximate surface area is 193 Å². The summed E-state index contributed by atoms with van der Waals surface area (Å²) in [6.07, 6.45) is -1.24. The van der Waals surface area contributed by atoms with Crippen LogP contribution in [0.5, 0.6) is 17.2 Å². The summed E-state index contributed by atoms with van der Waals surface area (Å²) in [6.45, 7) is 2.33. The number of benzene rings is 2. The number of pyridine rings is 2. The van der Waals surface area contributed by atoms with Crippen LogP contribution in [0, 0.1) is 6.92 Å². The minimum Gasteiger partial charge on any atom is -0.487 e. The van der Waals surface area contributed by atoms with E-state index in [4.69, 9.17) is 9.47 Å². The van der Waals surface area contributed by atoms with E-state index in [1.54, 1.807) is 18.3 Å². The molecule has 0 amide bonds. The van der Waals surface area contributed by atoms with E-state index in [2.05, 4.69) is 9.97 Å². The van der Waals surface area contributed by atoms with Crippen LogP contribution in [0.3, 0.4) is 0 Å². The second-order valence-electron chi connectivity index (χ2n) is 7.13. The number of aromatic nitrogens is 2. The van der Waals surface area contributed by atoms with Gasteiger partial charge in [0.05, 0.1) is 18.0 Å². The van der Waals surface area contributed by atoms with Crippen molar-refractivity contribution in [1.29, 1.82) is 0 Å². The largest absolute Gasteiger partial charge is 0.487 e. The Bertz CT molecular complexity index is 1210. The zero-order valence-electron chi connectivity index (χ0n) is 17.5. The second-order valence-corrected chi connectivity index (χ2v) is 8.23. The number of rotatable bonds is 7. The molecule has 33 heavy (non-hydrogen) atoms. The van der Waals surface area contributed by atoms with Crippen molar-refractivity contribution in [3.8, 4) is 17.2 Å². The summed E-state index contributed by atoms with van der Waals surface area (Å²) in [5, 5.41) is 0.729. The minimum atomic E-state index is -4.42. The third-order valence-electron chi connectivity index (χ3n) is 4.52. The van der Waals surface area contributed by atoms with E-state index >= 15 is 0 Å². The zero-order chi connectivity index (χ0) is 23.3. The molecule has 0 aliphatic rings. The van der Waals surface area contributed by atoms with Crippen LogP contribution in [-0.2, 0) is 12.8 Å². The molecule has 0 saturated heterocycles. The maximum atomic E-state index is 12.9. The van der Waals surface area contributed by atoms with E-state index in [0.717, 1.165) is 33.3 Å². The average molecular weight is 469 g/mol. The van der Waals surface area contributed by atoms with Crippen LogP contribution in [0.2, 0.25) is 0 Å². The van der Waals surface area contributed by atoms with Crippen LogP contribution >= 0.6 is 11.8 Å². The van der Waals surface area contributed by atoms with Crippen molar-refractivity contribution in [2.45, 2.75) is 29.6 Å². The zero-order valence-corrected chi connectivity index (χ0v) is 18.4. The van der Waals surface area contributed by atoms with Gasteiger partial charge in [0, 0.05) is 10.6 Å². The van der Waals surface area contributed by atoms with Gasteiger partial charge in [-0.3, -0.25) is 4.98 Å². The summed E-state index contributed by atoms with van der Waals surface area (Å²) in [6, 6.07) is 19.9. The lowest BCUT2D eigenvalue weighted by atomic mass is 10.2. The first-order chi connectivity index (χ1) is 15.8. The van der Waals surface area contributed by atoms with Crippen LogP contribution < -0.4 is 9.47 Å². The first kappa shape index (κ1) is 22.7. The molecule has 2 aromatic carbocycles. The van der Waals surface area contributed by atoms with Gasteiger partial charge in [0.15, 0.2) is 0 Å². The number of hydrogen-bond donors (Lipinski definition) is 0. The fourth-order valence-electron chi connectivity index (χ4n) is 2.89. The van der Waals surface area contributed by atoms with Crippen LogP contribution in [0.4, 0.5) is 13.2 Å². The molecular formula is C25H19F3N2O2S. The quantitative estimate of drug-likeness (QED) is 0.284. The molecule has 0 aliphatic carbocycles. The van der Waals surface area contributed by atoms with E-state index in [-0.39, 0.29) is 5.75 Å². The standard InChI is InChI=1S/C25H19F3N2O2S/c1-17-8-9-21(14-29-17)31-16-18-4-2-7-23(12-18)33-24-11-10-22(15-30-24)32-20-6-3-5-19(13-20)25(26,27)28/h2-15H,16H2,1H3. The molecule has 2 aromatic heterocycles. The molecule has 0 radical (unpaired) electrons. The lowest BCUT2D eigenvalue weighted by Gasteiger charge is -2.10. The highest BCUT2D eigenvalue weighted by Crippen LogP contribution is 2.33. The van der Waals surface area contributed by atoms with Crippen molar-refractivity contribution >= 4 is 11.8 Å². The molecule has 4 rings (SSSR count). The minimum absolute atomic E-state index is 0.100. The molecule has 4 nitrogen and oxygen atoms in total. The molecule has 4 aromatic rings. The third kappa shape index (κ3) is 6.49. The molecule has 0 unspecified atom stereocenters. The number of hydrogen-bond acceptors (Lipinski definition) is 5. The molecule has 0 saturated carbocycles. The van der Waals surface area contributed by atoms with Crippen LogP contribution in [-0.4, -0.2) is 9.97 Å². The van der Waals surface area contributed by atoms with Gasteiger partial charge in [-0.15, -0.1) is 0 Å². The normalized spacial score (nSPS) is 11.3. The lowest BCUT2D eigenvalue weighted by molar-refractivity contribution is -0.137. The third-order valence-corrected chi connectivity index (χ3v) is 5.46. The fourth-order valence-corrected chi connectivity index (χ4v) is 3.73. The fraction of sp³-hybridized carbons (Fsp3) is 0.120. The molecule has 2 heterocycles. The molecule has 0 spiro atoms. The van der Waals surface area contributed by atoms with Gasteiger partial charge in [-0.05, 0) is 67.1 Å². The van der Waals surface area contributed by atoms with Gasteiger partial charge in [-0.2, -0.15) is 13.2 Å².